The Morgan fingerprint density at radius 1 is 1.62 bits per heavy atom. The van der Waals surface area contributed by atoms with Gasteiger partial charge in [0.2, 0.25) is 5.91 Å². The number of aryl methyl sites for hydroxylation is 1. The van der Waals surface area contributed by atoms with Crippen LogP contribution in [-0.2, 0) is 11.2 Å². The summed E-state index contributed by atoms with van der Waals surface area (Å²) in [6.45, 7) is 2.71. The average Bonchev–Trinajstić information content (AvgIpc) is 2.36. The van der Waals surface area contributed by atoms with Crippen LogP contribution in [0.15, 0.2) is 12.3 Å². The predicted octanol–water partition coefficient (Wildman–Crippen LogP) is 1.81. The summed E-state index contributed by atoms with van der Waals surface area (Å²) >= 11 is 0. The van der Waals surface area contributed by atoms with Crippen LogP contribution < -0.4 is 10.2 Å². The van der Waals surface area contributed by atoms with Gasteiger partial charge in [-0.05, 0) is 18.9 Å². The van der Waals surface area contributed by atoms with Crippen molar-refractivity contribution in [3.63, 3.8) is 0 Å². The van der Waals surface area contributed by atoms with Gasteiger partial charge in [0.05, 0.1) is 23.3 Å². The zero-order valence-corrected chi connectivity index (χ0v) is 9.79. The van der Waals surface area contributed by atoms with Gasteiger partial charge in [-0.1, -0.05) is 6.92 Å². The first-order chi connectivity index (χ1) is 7.76. The summed E-state index contributed by atoms with van der Waals surface area (Å²) in [6, 6.07) is 2.01. The van der Waals surface area contributed by atoms with Gasteiger partial charge in [-0.25, -0.2) is 0 Å². The lowest BCUT2D eigenvalue weighted by Gasteiger charge is -2.28. The number of amides is 1. The third-order valence-corrected chi connectivity index (χ3v) is 2.93. The smallest absolute Gasteiger partial charge is 0.226 e. The first kappa shape index (κ1) is 10.9. The molecule has 0 unspecified atom stereocenters. The molecule has 2 rings (SSSR count). The molecule has 0 bridgehead atoms. The molecule has 0 radical (unpaired) electrons. The molecule has 1 aliphatic heterocycles. The van der Waals surface area contributed by atoms with E-state index in [2.05, 4.69) is 10.3 Å². The highest BCUT2D eigenvalue weighted by atomic mass is 16.2. The van der Waals surface area contributed by atoms with Gasteiger partial charge in [-0.2, -0.15) is 0 Å². The molecule has 4 heteroatoms. The Morgan fingerprint density at radius 3 is 3.12 bits per heavy atom. The van der Waals surface area contributed by atoms with Gasteiger partial charge in [0.25, 0.3) is 0 Å². The molecule has 1 aromatic heterocycles. The number of pyridine rings is 1. The Balaban J connectivity index is 2.39. The zero-order chi connectivity index (χ0) is 11.5. The van der Waals surface area contributed by atoms with E-state index >= 15 is 0 Å². The monoisotopic (exact) mass is 219 g/mol. The summed E-state index contributed by atoms with van der Waals surface area (Å²) in [5.74, 6) is 0.177. The summed E-state index contributed by atoms with van der Waals surface area (Å²) in [5, 5.41) is 3.05. The molecule has 0 saturated heterocycles. The van der Waals surface area contributed by atoms with E-state index in [0.29, 0.717) is 6.42 Å². The van der Waals surface area contributed by atoms with Crippen LogP contribution in [-0.4, -0.2) is 24.5 Å². The second kappa shape index (κ2) is 4.51. The number of carbonyl (C=O) groups excluding carboxylic acids is 1. The Hall–Kier alpha value is -1.58. The standard InChI is InChI=1S/C12H17N3O/c1-3-12(16)15-6-4-5-10-11(15)7-9(13-2)8-14-10/h7-8,13H,3-6H2,1-2H3. The Labute approximate surface area is 95.7 Å². The van der Waals surface area contributed by atoms with E-state index in [9.17, 15) is 4.79 Å². The van der Waals surface area contributed by atoms with Crippen molar-refractivity contribution in [2.24, 2.45) is 0 Å². The maximum atomic E-state index is 11.8. The van der Waals surface area contributed by atoms with Crippen LogP contribution in [0.4, 0.5) is 11.4 Å². The number of nitrogens with one attached hydrogen (secondary N) is 1. The van der Waals surface area contributed by atoms with E-state index < -0.39 is 0 Å². The highest BCUT2D eigenvalue weighted by molar-refractivity contribution is 5.94. The lowest BCUT2D eigenvalue weighted by atomic mass is 10.1. The number of nitrogens with zero attached hydrogens (tertiary/aromatic N) is 2. The summed E-state index contributed by atoms with van der Waals surface area (Å²) in [7, 11) is 1.86. The first-order valence-electron chi connectivity index (χ1n) is 5.73. The summed E-state index contributed by atoms with van der Waals surface area (Å²) in [6.07, 6.45) is 4.33. The molecule has 1 aromatic rings. The van der Waals surface area contributed by atoms with Crippen molar-refractivity contribution in [1.29, 1.82) is 0 Å². The van der Waals surface area contributed by atoms with E-state index in [4.69, 9.17) is 0 Å². The van der Waals surface area contributed by atoms with Gasteiger partial charge in [-0.15, -0.1) is 0 Å². The molecule has 0 fully saturated rings. The van der Waals surface area contributed by atoms with Crippen LogP contribution in [0.3, 0.4) is 0 Å². The molecule has 1 aliphatic rings. The summed E-state index contributed by atoms with van der Waals surface area (Å²) < 4.78 is 0. The molecule has 1 N–H and O–H groups in total. The molecule has 0 atom stereocenters. The zero-order valence-electron chi connectivity index (χ0n) is 9.79. The Kier molecular flexibility index (Phi) is 3.08. The molecule has 2 heterocycles. The minimum Gasteiger partial charge on any atom is -0.387 e. The van der Waals surface area contributed by atoms with Gasteiger partial charge in [-0.3, -0.25) is 9.78 Å². The third kappa shape index (κ3) is 1.87. The predicted molar refractivity (Wildman–Crippen MR) is 64.7 cm³/mol. The van der Waals surface area contributed by atoms with E-state index in [-0.39, 0.29) is 5.91 Å². The van der Waals surface area contributed by atoms with Gasteiger partial charge < -0.3 is 10.2 Å². The van der Waals surface area contributed by atoms with Crippen LogP contribution in [0.1, 0.15) is 25.5 Å². The number of aromatic nitrogens is 1. The molecular formula is C12H17N3O. The molecule has 0 aliphatic carbocycles. The Morgan fingerprint density at radius 2 is 2.44 bits per heavy atom. The van der Waals surface area contributed by atoms with Crippen molar-refractivity contribution in [1.82, 2.24) is 4.98 Å². The highest BCUT2D eigenvalue weighted by Crippen LogP contribution is 2.28. The number of hydrogen-bond acceptors (Lipinski definition) is 3. The van der Waals surface area contributed by atoms with Crippen LogP contribution in [0, 0.1) is 0 Å². The number of carbonyl (C=O) groups is 1. The third-order valence-electron chi connectivity index (χ3n) is 2.93. The normalized spacial score (nSPS) is 14.5. The molecule has 4 nitrogen and oxygen atoms in total. The minimum absolute atomic E-state index is 0.177. The van der Waals surface area contributed by atoms with Gasteiger partial charge >= 0.3 is 0 Å². The van der Waals surface area contributed by atoms with Crippen LogP contribution in [0.5, 0.6) is 0 Å². The number of fused-ring (bicyclic) bond motifs is 1. The fourth-order valence-corrected chi connectivity index (χ4v) is 2.02. The van der Waals surface area contributed by atoms with Crippen molar-refractivity contribution >= 4 is 17.3 Å². The second-order valence-electron chi connectivity index (χ2n) is 3.94. The number of anilines is 2. The molecule has 86 valence electrons. The first-order valence-corrected chi connectivity index (χ1v) is 5.73. The second-order valence-corrected chi connectivity index (χ2v) is 3.94. The van der Waals surface area contributed by atoms with Gasteiger partial charge in [0.1, 0.15) is 0 Å². The maximum Gasteiger partial charge on any atom is 0.226 e. The fraction of sp³-hybridized carbons (Fsp3) is 0.500. The van der Waals surface area contributed by atoms with E-state index in [0.717, 1.165) is 36.5 Å². The number of rotatable bonds is 2. The van der Waals surface area contributed by atoms with Crippen LogP contribution in [0.2, 0.25) is 0 Å². The van der Waals surface area contributed by atoms with Gasteiger partial charge in [0, 0.05) is 20.0 Å². The van der Waals surface area contributed by atoms with Crippen molar-refractivity contribution in [3.8, 4) is 0 Å². The van der Waals surface area contributed by atoms with E-state index in [1.54, 1.807) is 0 Å². The largest absolute Gasteiger partial charge is 0.387 e. The molecule has 0 aromatic carbocycles. The quantitative estimate of drug-likeness (QED) is 0.825. The fourth-order valence-electron chi connectivity index (χ4n) is 2.02. The molecule has 0 spiro atoms. The van der Waals surface area contributed by atoms with Crippen LogP contribution >= 0.6 is 0 Å². The topological polar surface area (TPSA) is 45.2 Å². The molecule has 0 saturated carbocycles. The summed E-state index contributed by atoms with van der Waals surface area (Å²) in [5.41, 5.74) is 2.96. The van der Waals surface area contributed by atoms with E-state index in [1.165, 1.54) is 0 Å². The lowest BCUT2D eigenvalue weighted by molar-refractivity contribution is -0.118. The summed E-state index contributed by atoms with van der Waals surface area (Å²) in [4.78, 5) is 18.1. The average molecular weight is 219 g/mol. The van der Waals surface area contributed by atoms with Crippen molar-refractivity contribution in [3.05, 3.63) is 18.0 Å². The van der Waals surface area contributed by atoms with Crippen LogP contribution in [0.25, 0.3) is 0 Å². The Bertz CT molecular complexity index is 403. The molecular weight excluding hydrogens is 202 g/mol. The van der Waals surface area contributed by atoms with Crippen molar-refractivity contribution in [2.45, 2.75) is 26.2 Å². The van der Waals surface area contributed by atoms with E-state index in [1.807, 2.05) is 31.1 Å². The van der Waals surface area contributed by atoms with Crippen molar-refractivity contribution in [2.75, 3.05) is 23.8 Å². The minimum atomic E-state index is 0.177. The van der Waals surface area contributed by atoms with Gasteiger partial charge in [0.15, 0.2) is 0 Å². The molecule has 16 heavy (non-hydrogen) atoms. The highest BCUT2D eigenvalue weighted by Gasteiger charge is 2.22. The SMILES string of the molecule is CCC(=O)N1CCCc2ncc(NC)cc21. The number of hydrogen-bond donors (Lipinski definition) is 1. The maximum absolute atomic E-state index is 11.8. The molecule has 1 amide bonds. The van der Waals surface area contributed by atoms with Crippen molar-refractivity contribution < 1.29 is 4.79 Å². The lowest BCUT2D eigenvalue weighted by Crippen LogP contribution is -2.35.